The van der Waals surface area contributed by atoms with Crippen molar-refractivity contribution in [1.82, 2.24) is 0 Å². The van der Waals surface area contributed by atoms with E-state index in [4.69, 9.17) is 0 Å². The molecule has 0 nitrogen and oxygen atoms in total. The number of benzene rings is 1. The Labute approximate surface area is 89.2 Å². The molecule has 0 fully saturated rings. The third kappa shape index (κ3) is 3.19. The molecule has 0 saturated heterocycles. The molecule has 0 heterocycles. The summed E-state index contributed by atoms with van der Waals surface area (Å²) in [5.74, 6) is 0. The van der Waals surface area contributed by atoms with Crippen molar-refractivity contribution >= 4 is 14.0 Å². The van der Waals surface area contributed by atoms with Gasteiger partial charge in [0.2, 0.25) is 0 Å². The first-order chi connectivity index (χ1) is 5.09. The molecule has 0 saturated carbocycles. The molecule has 0 aliphatic carbocycles. The Kier molecular flexibility index (Phi) is 4.93. The predicted octanol–water partition coefficient (Wildman–Crippen LogP) is -0.731. The minimum Gasteiger partial charge on any atom is -0.292 e. The molecule has 0 atom stereocenters. The maximum atomic E-state index is 2.33. The van der Waals surface area contributed by atoms with E-state index in [1.54, 1.807) is 5.19 Å². The van der Waals surface area contributed by atoms with Gasteiger partial charge in [0.25, 0.3) is 0 Å². The van der Waals surface area contributed by atoms with Crippen LogP contribution >= 0.6 is 0 Å². The van der Waals surface area contributed by atoms with E-state index < -0.39 is 0 Å². The van der Waals surface area contributed by atoms with Crippen molar-refractivity contribution < 1.29 is 18.9 Å². The first kappa shape index (κ1) is 12.0. The fraction of sp³-hybridized carbons (Fsp3) is 0.400. The largest absolute Gasteiger partial charge is 1.00 e. The van der Waals surface area contributed by atoms with Crippen LogP contribution in [0.2, 0.25) is 13.1 Å². The normalized spacial score (nSPS) is 9.00. The zero-order valence-electron chi connectivity index (χ0n) is 8.73. The SMILES string of the molecule is Cc1cc(C)cc([Si-](C)C)c1.[Li+]. The van der Waals surface area contributed by atoms with Crippen LogP contribution in [0.3, 0.4) is 0 Å². The van der Waals surface area contributed by atoms with Crippen molar-refractivity contribution in [1.29, 1.82) is 0 Å². The van der Waals surface area contributed by atoms with E-state index in [9.17, 15) is 0 Å². The summed E-state index contributed by atoms with van der Waals surface area (Å²) in [6.45, 7) is 9.00. The van der Waals surface area contributed by atoms with Crippen LogP contribution < -0.4 is 24.0 Å². The molecular weight excluding hydrogens is 155 g/mol. The van der Waals surface area contributed by atoms with Crippen molar-refractivity contribution in [2.24, 2.45) is 0 Å². The molecule has 0 aromatic heterocycles. The first-order valence-corrected chi connectivity index (χ1v) is 6.48. The second kappa shape index (κ2) is 4.92. The Morgan fingerprint density at radius 2 is 1.33 bits per heavy atom. The summed E-state index contributed by atoms with van der Waals surface area (Å²) in [6.07, 6.45) is 0. The quantitative estimate of drug-likeness (QED) is 0.487. The zero-order chi connectivity index (χ0) is 8.43. The van der Waals surface area contributed by atoms with Crippen molar-refractivity contribution in [3.63, 3.8) is 0 Å². The van der Waals surface area contributed by atoms with Crippen LogP contribution in [0.25, 0.3) is 0 Å². The number of rotatable bonds is 1. The average Bonchev–Trinajstić information content (AvgIpc) is 1.85. The number of aryl methyl sites for hydroxylation is 2. The zero-order valence-corrected chi connectivity index (χ0v) is 9.73. The third-order valence-corrected chi connectivity index (χ3v) is 3.24. The molecule has 60 valence electrons. The maximum Gasteiger partial charge on any atom is 1.00 e. The van der Waals surface area contributed by atoms with Gasteiger partial charge in [-0.2, -0.15) is 18.3 Å². The summed E-state index contributed by atoms with van der Waals surface area (Å²) in [4.78, 5) is 0. The molecule has 0 amide bonds. The topological polar surface area (TPSA) is 0 Å². The van der Waals surface area contributed by atoms with Gasteiger partial charge in [-0.25, -0.2) is 0 Å². The van der Waals surface area contributed by atoms with Gasteiger partial charge >= 0.3 is 18.9 Å². The van der Waals surface area contributed by atoms with Crippen molar-refractivity contribution in [3.8, 4) is 0 Å². The Morgan fingerprint density at radius 1 is 0.917 bits per heavy atom. The molecule has 0 radical (unpaired) electrons. The minimum absolute atomic E-state index is 0. The number of hydrogen-bond donors (Lipinski definition) is 0. The molecule has 1 rings (SSSR count). The molecule has 1 aromatic carbocycles. The van der Waals surface area contributed by atoms with Gasteiger partial charge in [0.15, 0.2) is 0 Å². The average molecular weight is 170 g/mol. The monoisotopic (exact) mass is 170 g/mol. The Balaban J connectivity index is 0.00000121. The molecule has 0 bridgehead atoms. The van der Waals surface area contributed by atoms with E-state index in [0.29, 0.717) is 0 Å². The second-order valence-corrected chi connectivity index (χ2v) is 5.95. The predicted molar refractivity (Wildman–Crippen MR) is 53.0 cm³/mol. The van der Waals surface area contributed by atoms with Gasteiger partial charge in [-0.3, -0.25) is 8.80 Å². The van der Waals surface area contributed by atoms with Crippen LogP contribution in [-0.4, -0.2) is 8.80 Å². The smallest absolute Gasteiger partial charge is 0.292 e. The van der Waals surface area contributed by atoms with Crippen molar-refractivity contribution in [3.05, 3.63) is 29.3 Å². The van der Waals surface area contributed by atoms with Gasteiger partial charge in [0, 0.05) is 0 Å². The van der Waals surface area contributed by atoms with Crippen LogP contribution in [0.15, 0.2) is 18.2 Å². The fourth-order valence-electron chi connectivity index (χ4n) is 1.26. The molecule has 0 aliphatic heterocycles. The van der Waals surface area contributed by atoms with Gasteiger partial charge < -0.3 is 0 Å². The Bertz CT molecular complexity index is 236. The van der Waals surface area contributed by atoms with Crippen LogP contribution in [0.1, 0.15) is 11.1 Å². The summed E-state index contributed by atoms with van der Waals surface area (Å²) < 4.78 is 0. The molecule has 0 spiro atoms. The molecule has 0 N–H and O–H groups in total. The molecule has 2 heteroatoms. The van der Waals surface area contributed by atoms with E-state index in [-0.39, 0.29) is 27.7 Å². The molecule has 0 aliphatic rings. The van der Waals surface area contributed by atoms with E-state index in [2.05, 4.69) is 45.1 Å². The van der Waals surface area contributed by atoms with Gasteiger partial charge in [-0.1, -0.05) is 29.3 Å². The van der Waals surface area contributed by atoms with Gasteiger partial charge in [0.1, 0.15) is 0 Å². The summed E-state index contributed by atoms with van der Waals surface area (Å²) in [5, 5.41) is 1.55. The first-order valence-electron chi connectivity index (χ1n) is 3.98. The maximum absolute atomic E-state index is 2.33. The fourth-order valence-corrected chi connectivity index (χ4v) is 2.30. The summed E-state index contributed by atoms with van der Waals surface area (Å²) in [7, 11) is -0.256. The van der Waals surface area contributed by atoms with Crippen LogP contribution in [0.4, 0.5) is 0 Å². The second-order valence-electron chi connectivity index (χ2n) is 3.38. The van der Waals surface area contributed by atoms with Gasteiger partial charge in [-0.05, 0) is 13.8 Å². The third-order valence-electron chi connectivity index (χ3n) is 1.80. The van der Waals surface area contributed by atoms with Crippen molar-refractivity contribution in [2.45, 2.75) is 26.9 Å². The standard InChI is InChI=1S/C10H15Si.Li/c1-8-5-9(2)7-10(6-8)11(3)4;/h5-7H,1-4H3;/q-1;+1. The van der Waals surface area contributed by atoms with Crippen LogP contribution in [-0.2, 0) is 0 Å². The summed E-state index contributed by atoms with van der Waals surface area (Å²) >= 11 is 0. The number of hydrogen-bond acceptors (Lipinski definition) is 0. The van der Waals surface area contributed by atoms with E-state index in [1.165, 1.54) is 11.1 Å². The van der Waals surface area contributed by atoms with Gasteiger partial charge in [0.05, 0.1) is 0 Å². The minimum atomic E-state index is -0.256. The molecule has 0 unspecified atom stereocenters. The van der Waals surface area contributed by atoms with Crippen molar-refractivity contribution in [2.75, 3.05) is 0 Å². The van der Waals surface area contributed by atoms with E-state index in [0.717, 1.165) is 0 Å². The molecule has 12 heavy (non-hydrogen) atoms. The Hall–Kier alpha value is 0.0343. The summed E-state index contributed by atoms with van der Waals surface area (Å²) in [5.41, 5.74) is 2.79. The van der Waals surface area contributed by atoms with E-state index >= 15 is 0 Å². The summed E-state index contributed by atoms with van der Waals surface area (Å²) in [6, 6.07) is 6.84. The molecular formula is C10H15LiSi. The van der Waals surface area contributed by atoms with Crippen LogP contribution in [0.5, 0.6) is 0 Å². The van der Waals surface area contributed by atoms with E-state index in [1.807, 2.05) is 0 Å². The van der Waals surface area contributed by atoms with Gasteiger partial charge in [-0.15, -0.1) is 0 Å². The van der Waals surface area contributed by atoms with Crippen LogP contribution in [0, 0.1) is 13.8 Å². The molecule has 1 aromatic rings. The Morgan fingerprint density at radius 3 is 1.67 bits per heavy atom.